The third-order valence-corrected chi connectivity index (χ3v) is 2.67. The highest BCUT2D eigenvalue weighted by Crippen LogP contribution is 2.32. The molecule has 1 N–H and O–H groups in total. The summed E-state index contributed by atoms with van der Waals surface area (Å²) in [6.45, 7) is -0.394. The van der Waals surface area contributed by atoms with Crippen LogP contribution in [-0.2, 0) is 12.5 Å². The van der Waals surface area contributed by atoms with Gasteiger partial charge >= 0.3 is 0 Å². The van der Waals surface area contributed by atoms with Crippen LogP contribution in [0.1, 0.15) is 23.2 Å². The molecule has 0 saturated carbocycles. The quantitative estimate of drug-likeness (QED) is 0.867. The van der Waals surface area contributed by atoms with Crippen LogP contribution in [0.3, 0.4) is 0 Å². The predicted octanol–water partition coefficient (Wildman–Crippen LogP) is 3.01. The van der Waals surface area contributed by atoms with Gasteiger partial charge in [-0.3, -0.25) is 4.98 Å². The van der Waals surface area contributed by atoms with Gasteiger partial charge in [0, 0.05) is 27.7 Å². The summed E-state index contributed by atoms with van der Waals surface area (Å²) in [5, 5.41) is 8.87. The second-order valence-corrected chi connectivity index (χ2v) is 3.66. The molecule has 6 heteroatoms. The Bertz CT molecular complexity index is 335. The van der Waals surface area contributed by atoms with E-state index in [1.54, 1.807) is 0 Å². The zero-order chi connectivity index (χ0) is 10.7. The van der Waals surface area contributed by atoms with E-state index < -0.39 is 13.0 Å². The van der Waals surface area contributed by atoms with Crippen molar-refractivity contribution in [3.63, 3.8) is 0 Å². The highest BCUT2D eigenvalue weighted by molar-refractivity contribution is 9.10. The topological polar surface area (TPSA) is 33.1 Å². The maximum Gasteiger partial charge on any atom is 0.265 e. The summed E-state index contributed by atoms with van der Waals surface area (Å²) in [6.07, 6.45) is -1.39. The average molecular weight is 287 g/mol. The Kier molecular flexibility index (Phi) is 4.22. The second kappa shape index (κ2) is 5.00. The minimum absolute atomic E-state index is 0.0952. The van der Waals surface area contributed by atoms with Gasteiger partial charge in [0.2, 0.25) is 0 Å². The van der Waals surface area contributed by atoms with E-state index in [1.807, 2.05) is 0 Å². The molecule has 0 aromatic carbocycles. The lowest BCUT2D eigenvalue weighted by molar-refractivity contribution is 0.149. The van der Waals surface area contributed by atoms with Crippen LogP contribution in [0.5, 0.6) is 0 Å². The van der Waals surface area contributed by atoms with Gasteiger partial charge in [0.15, 0.2) is 0 Å². The van der Waals surface area contributed by atoms with Gasteiger partial charge in [-0.25, -0.2) is 8.78 Å². The van der Waals surface area contributed by atoms with E-state index in [0.717, 1.165) is 0 Å². The first-order valence-electron chi connectivity index (χ1n) is 3.73. The third-order valence-electron chi connectivity index (χ3n) is 1.77. The van der Waals surface area contributed by atoms with E-state index in [-0.39, 0.29) is 27.2 Å². The third kappa shape index (κ3) is 2.21. The first-order chi connectivity index (χ1) is 6.61. The van der Waals surface area contributed by atoms with Gasteiger partial charge in [-0.1, -0.05) is 0 Å². The molecule has 0 aliphatic rings. The van der Waals surface area contributed by atoms with Crippen LogP contribution < -0.4 is 0 Å². The van der Waals surface area contributed by atoms with E-state index >= 15 is 0 Å². The van der Waals surface area contributed by atoms with E-state index in [9.17, 15) is 8.78 Å². The normalized spacial score (nSPS) is 11.0. The lowest BCUT2D eigenvalue weighted by Crippen LogP contribution is -2.03. The number of hydrogen-bond donors (Lipinski definition) is 1. The molecular weight excluding hydrogens is 279 g/mol. The molecule has 0 amide bonds. The van der Waals surface area contributed by atoms with Crippen molar-refractivity contribution >= 4 is 27.5 Å². The lowest BCUT2D eigenvalue weighted by Gasteiger charge is -2.11. The van der Waals surface area contributed by atoms with Gasteiger partial charge in [0.1, 0.15) is 0 Å². The Balaban J connectivity index is 3.35. The monoisotopic (exact) mass is 285 g/mol. The molecule has 78 valence electrons. The molecule has 1 rings (SSSR count). The van der Waals surface area contributed by atoms with Gasteiger partial charge in [-0.2, -0.15) is 0 Å². The zero-order valence-corrected chi connectivity index (χ0v) is 9.32. The molecule has 1 aromatic heterocycles. The van der Waals surface area contributed by atoms with Crippen LogP contribution >= 0.6 is 27.5 Å². The van der Waals surface area contributed by atoms with Crippen LogP contribution in [0.15, 0.2) is 10.7 Å². The lowest BCUT2D eigenvalue weighted by atomic mass is 10.1. The summed E-state index contributed by atoms with van der Waals surface area (Å²) in [6, 6.07) is 0. The fourth-order valence-corrected chi connectivity index (χ4v) is 1.92. The van der Waals surface area contributed by atoms with Crippen LogP contribution in [0.25, 0.3) is 0 Å². The largest absolute Gasteiger partial charge is 0.390 e. The SMILES string of the molecule is OCc1ncc(Br)c(C(F)F)c1CCl. The smallest absolute Gasteiger partial charge is 0.265 e. The fraction of sp³-hybridized carbons (Fsp3) is 0.375. The Morgan fingerprint density at radius 2 is 2.21 bits per heavy atom. The van der Waals surface area contributed by atoms with E-state index in [2.05, 4.69) is 20.9 Å². The Labute approximate surface area is 93.0 Å². The van der Waals surface area contributed by atoms with Crippen molar-refractivity contribution < 1.29 is 13.9 Å². The highest BCUT2D eigenvalue weighted by atomic mass is 79.9. The van der Waals surface area contributed by atoms with E-state index in [4.69, 9.17) is 16.7 Å². The van der Waals surface area contributed by atoms with Crippen molar-refractivity contribution in [1.29, 1.82) is 0 Å². The molecule has 0 spiro atoms. The highest BCUT2D eigenvalue weighted by Gasteiger charge is 2.19. The van der Waals surface area contributed by atoms with Crippen LogP contribution in [0.4, 0.5) is 8.78 Å². The molecule has 14 heavy (non-hydrogen) atoms. The van der Waals surface area contributed by atoms with Crippen molar-refractivity contribution in [2.75, 3.05) is 0 Å². The van der Waals surface area contributed by atoms with E-state index in [1.165, 1.54) is 6.20 Å². The Hall–Kier alpha value is -0.260. The summed E-state index contributed by atoms with van der Waals surface area (Å²) in [4.78, 5) is 3.80. The maximum absolute atomic E-state index is 12.6. The Morgan fingerprint density at radius 3 is 2.64 bits per heavy atom. The molecule has 0 unspecified atom stereocenters. The predicted molar refractivity (Wildman–Crippen MR) is 52.4 cm³/mol. The standard InChI is InChI=1S/C8H7BrClF2NO/c9-5-2-13-6(3-14)4(1-10)7(5)8(11)12/h2,8,14H,1,3H2. The van der Waals surface area contributed by atoms with Crippen molar-refractivity contribution in [1.82, 2.24) is 4.98 Å². The molecule has 0 aliphatic heterocycles. The first kappa shape index (κ1) is 11.8. The number of hydrogen-bond acceptors (Lipinski definition) is 2. The molecule has 0 atom stereocenters. The van der Waals surface area contributed by atoms with Gasteiger partial charge in [0.25, 0.3) is 6.43 Å². The number of pyridine rings is 1. The van der Waals surface area contributed by atoms with Gasteiger partial charge in [0.05, 0.1) is 12.3 Å². The number of alkyl halides is 3. The maximum atomic E-state index is 12.6. The molecule has 0 aliphatic carbocycles. The van der Waals surface area contributed by atoms with Gasteiger partial charge < -0.3 is 5.11 Å². The molecule has 0 fully saturated rings. The molecule has 1 aromatic rings. The van der Waals surface area contributed by atoms with Crippen LogP contribution in [-0.4, -0.2) is 10.1 Å². The van der Waals surface area contributed by atoms with Gasteiger partial charge in [-0.05, 0) is 15.9 Å². The summed E-state index contributed by atoms with van der Waals surface area (Å²) >= 11 is 8.50. The minimum Gasteiger partial charge on any atom is -0.390 e. The molecule has 0 radical (unpaired) electrons. The second-order valence-electron chi connectivity index (χ2n) is 2.54. The van der Waals surface area contributed by atoms with Crippen molar-refractivity contribution in [2.45, 2.75) is 18.9 Å². The van der Waals surface area contributed by atoms with E-state index in [0.29, 0.717) is 0 Å². The number of aliphatic hydroxyl groups excluding tert-OH is 1. The molecule has 0 bridgehead atoms. The number of aromatic nitrogens is 1. The molecule has 0 saturated heterocycles. The van der Waals surface area contributed by atoms with Crippen LogP contribution in [0.2, 0.25) is 0 Å². The number of aliphatic hydroxyl groups is 1. The summed E-state index contributed by atoms with van der Waals surface area (Å²) < 4.78 is 25.4. The molecule has 1 heterocycles. The van der Waals surface area contributed by atoms with Crippen molar-refractivity contribution in [3.05, 3.63) is 27.5 Å². The first-order valence-corrected chi connectivity index (χ1v) is 5.05. The summed E-state index contributed by atoms with van der Waals surface area (Å²) in [7, 11) is 0. The van der Waals surface area contributed by atoms with Crippen molar-refractivity contribution in [2.24, 2.45) is 0 Å². The fourth-order valence-electron chi connectivity index (χ4n) is 1.10. The summed E-state index contributed by atoms with van der Waals surface area (Å²) in [5.41, 5.74) is 0.191. The summed E-state index contributed by atoms with van der Waals surface area (Å²) in [5.74, 6) is -0.0952. The minimum atomic E-state index is -2.63. The number of nitrogens with zero attached hydrogens (tertiary/aromatic N) is 1. The van der Waals surface area contributed by atoms with Crippen molar-refractivity contribution in [3.8, 4) is 0 Å². The molecular formula is C8H7BrClF2NO. The van der Waals surface area contributed by atoms with Gasteiger partial charge in [-0.15, -0.1) is 11.6 Å². The van der Waals surface area contributed by atoms with Crippen LogP contribution in [0, 0.1) is 0 Å². The Morgan fingerprint density at radius 1 is 1.57 bits per heavy atom. The number of halogens is 4. The molecule has 2 nitrogen and oxygen atoms in total. The zero-order valence-electron chi connectivity index (χ0n) is 6.98. The number of rotatable bonds is 3. The average Bonchev–Trinajstić information content (AvgIpc) is 2.16.